The lowest BCUT2D eigenvalue weighted by Gasteiger charge is -2.21. The van der Waals surface area contributed by atoms with Crippen molar-refractivity contribution >= 4 is 11.6 Å². The lowest BCUT2D eigenvalue weighted by Crippen LogP contribution is -2.23. The van der Waals surface area contributed by atoms with Gasteiger partial charge in [-0.05, 0) is 54.8 Å². The minimum atomic E-state index is 0.0770. The lowest BCUT2D eigenvalue weighted by molar-refractivity contribution is 0.413. The molecule has 0 bridgehead atoms. The predicted molar refractivity (Wildman–Crippen MR) is 89.3 cm³/mol. The zero-order valence-electron chi connectivity index (χ0n) is 12.8. The summed E-state index contributed by atoms with van der Waals surface area (Å²) >= 11 is 6.46. The Balaban J connectivity index is 2.41. The van der Waals surface area contributed by atoms with Gasteiger partial charge in [0.25, 0.3) is 0 Å². The fraction of sp³-hybridized carbons (Fsp3) is 0.333. The van der Waals surface area contributed by atoms with Gasteiger partial charge in [-0.15, -0.1) is 0 Å². The summed E-state index contributed by atoms with van der Waals surface area (Å²) in [7, 11) is 1.69. The number of methoxy groups -OCH3 is 1. The van der Waals surface area contributed by atoms with E-state index in [1.54, 1.807) is 7.11 Å². The number of benzene rings is 2. The Kier molecular flexibility index (Phi) is 5.66. The first kappa shape index (κ1) is 15.9. The average molecular weight is 304 g/mol. The zero-order valence-corrected chi connectivity index (χ0v) is 13.6. The van der Waals surface area contributed by atoms with E-state index in [0.29, 0.717) is 0 Å². The van der Waals surface area contributed by atoms with Gasteiger partial charge in [0.1, 0.15) is 5.75 Å². The van der Waals surface area contributed by atoms with Crippen LogP contribution in [-0.2, 0) is 0 Å². The van der Waals surface area contributed by atoms with E-state index in [-0.39, 0.29) is 6.04 Å². The van der Waals surface area contributed by atoms with E-state index >= 15 is 0 Å². The van der Waals surface area contributed by atoms with Crippen molar-refractivity contribution in [3.05, 3.63) is 64.2 Å². The topological polar surface area (TPSA) is 21.3 Å². The fourth-order valence-corrected chi connectivity index (χ4v) is 2.73. The van der Waals surface area contributed by atoms with Crippen molar-refractivity contribution in [1.82, 2.24) is 5.32 Å². The van der Waals surface area contributed by atoms with Crippen molar-refractivity contribution in [3.8, 4) is 5.75 Å². The summed E-state index contributed by atoms with van der Waals surface area (Å²) in [5.74, 6) is 0.860. The third kappa shape index (κ3) is 3.99. The standard InChI is InChI=1S/C18H22ClNO/c1-4-10-20-18(14-6-5-7-15(12-14)21-3)16-9-8-13(2)11-17(16)19/h5-9,11-12,18,20H,4,10H2,1-3H3. The number of hydrogen-bond donors (Lipinski definition) is 1. The van der Waals surface area contributed by atoms with Gasteiger partial charge in [0.2, 0.25) is 0 Å². The molecule has 0 saturated carbocycles. The highest BCUT2D eigenvalue weighted by molar-refractivity contribution is 6.31. The third-order valence-corrected chi connectivity index (χ3v) is 3.82. The van der Waals surface area contributed by atoms with Gasteiger partial charge in [-0.3, -0.25) is 0 Å². The van der Waals surface area contributed by atoms with Crippen molar-refractivity contribution in [3.63, 3.8) is 0 Å². The summed E-state index contributed by atoms with van der Waals surface area (Å²) in [6, 6.07) is 14.4. The zero-order chi connectivity index (χ0) is 15.2. The quantitative estimate of drug-likeness (QED) is 0.832. The Morgan fingerprint density at radius 3 is 2.67 bits per heavy atom. The molecule has 0 spiro atoms. The molecule has 112 valence electrons. The molecule has 1 unspecified atom stereocenters. The van der Waals surface area contributed by atoms with Crippen molar-refractivity contribution in [1.29, 1.82) is 0 Å². The molecule has 0 aliphatic heterocycles. The molecular weight excluding hydrogens is 282 g/mol. The summed E-state index contributed by atoms with van der Waals surface area (Å²) in [6.45, 7) is 5.15. The highest BCUT2D eigenvalue weighted by Gasteiger charge is 2.17. The first-order valence-electron chi connectivity index (χ1n) is 7.29. The van der Waals surface area contributed by atoms with Crippen LogP contribution in [0.2, 0.25) is 5.02 Å². The predicted octanol–water partition coefficient (Wildman–Crippen LogP) is 4.75. The molecule has 2 aromatic rings. The second-order valence-corrected chi connectivity index (χ2v) is 5.60. The Bertz CT molecular complexity index is 598. The van der Waals surface area contributed by atoms with Crippen molar-refractivity contribution in [2.24, 2.45) is 0 Å². The second kappa shape index (κ2) is 7.48. The van der Waals surface area contributed by atoms with Gasteiger partial charge in [-0.1, -0.05) is 42.8 Å². The maximum atomic E-state index is 6.46. The van der Waals surface area contributed by atoms with Gasteiger partial charge < -0.3 is 10.1 Å². The SMILES string of the molecule is CCCNC(c1cccc(OC)c1)c1ccc(C)cc1Cl. The van der Waals surface area contributed by atoms with Gasteiger partial charge in [0.05, 0.1) is 13.2 Å². The second-order valence-electron chi connectivity index (χ2n) is 5.19. The van der Waals surface area contributed by atoms with E-state index < -0.39 is 0 Å². The van der Waals surface area contributed by atoms with Crippen LogP contribution in [0.15, 0.2) is 42.5 Å². The Labute approximate surface area is 132 Å². The first-order chi connectivity index (χ1) is 10.2. The molecule has 0 radical (unpaired) electrons. The van der Waals surface area contributed by atoms with Crippen LogP contribution in [0.25, 0.3) is 0 Å². The number of ether oxygens (including phenoxy) is 1. The third-order valence-electron chi connectivity index (χ3n) is 3.49. The number of aryl methyl sites for hydroxylation is 1. The Morgan fingerprint density at radius 2 is 2.00 bits per heavy atom. The van der Waals surface area contributed by atoms with Gasteiger partial charge in [0.15, 0.2) is 0 Å². The van der Waals surface area contributed by atoms with E-state index in [1.165, 1.54) is 5.56 Å². The summed E-state index contributed by atoms with van der Waals surface area (Å²) in [4.78, 5) is 0. The highest BCUT2D eigenvalue weighted by Crippen LogP contribution is 2.30. The number of halogens is 1. The van der Waals surface area contributed by atoms with Crippen LogP contribution in [0.5, 0.6) is 5.75 Å². The summed E-state index contributed by atoms with van der Waals surface area (Å²) in [6.07, 6.45) is 1.07. The minimum Gasteiger partial charge on any atom is -0.497 e. The van der Waals surface area contributed by atoms with Crippen LogP contribution >= 0.6 is 11.6 Å². The van der Waals surface area contributed by atoms with E-state index in [1.807, 2.05) is 18.2 Å². The molecule has 0 saturated heterocycles. The minimum absolute atomic E-state index is 0.0770. The van der Waals surface area contributed by atoms with Crippen LogP contribution in [-0.4, -0.2) is 13.7 Å². The molecule has 2 rings (SSSR count). The normalized spacial score (nSPS) is 12.2. The van der Waals surface area contributed by atoms with E-state index in [0.717, 1.165) is 34.9 Å². The number of nitrogens with one attached hydrogen (secondary N) is 1. The molecule has 0 aliphatic rings. The molecule has 1 N–H and O–H groups in total. The number of hydrogen-bond acceptors (Lipinski definition) is 2. The van der Waals surface area contributed by atoms with E-state index in [9.17, 15) is 0 Å². The lowest BCUT2D eigenvalue weighted by atomic mass is 9.97. The molecule has 21 heavy (non-hydrogen) atoms. The molecule has 0 aliphatic carbocycles. The molecule has 2 aromatic carbocycles. The molecule has 0 fully saturated rings. The molecule has 0 amide bonds. The van der Waals surface area contributed by atoms with Crippen LogP contribution in [0.1, 0.15) is 36.1 Å². The van der Waals surface area contributed by atoms with Crippen molar-refractivity contribution < 1.29 is 4.74 Å². The van der Waals surface area contributed by atoms with E-state index in [2.05, 4.69) is 43.4 Å². The molecule has 3 heteroatoms. The smallest absolute Gasteiger partial charge is 0.119 e. The summed E-state index contributed by atoms with van der Waals surface area (Å²) in [5.41, 5.74) is 3.43. The maximum Gasteiger partial charge on any atom is 0.119 e. The van der Waals surface area contributed by atoms with Crippen LogP contribution in [0.3, 0.4) is 0 Å². The largest absolute Gasteiger partial charge is 0.497 e. The van der Waals surface area contributed by atoms with Gasteiger partial charge in [0, 0.05) is 5.02 Å². The monoisotopic (exact) mass is 303 g/mol. The first-order valence-corrected chi connectivity index (χ1v) is 7.67. The Morgan fingerprint density at radius 1 is 1.19 bits per heavy atom. The molecule has 2 nitrogen and oxygen atoms in total. The van der Waals surface area contributed by atoms with Crippen LogP contribution in [0, 0.1) is 6.92 Å². The molecule has 1 atom stereocenters. The Hall–Kier alpha value is -1.51. The summed E-state index contributed by atoms with van der Waals surface area (Å²) in [5, 5.41) is 4.37. The fourth-order valence-electron chi connectivity index (χ4n) is 2.38. The van der Waals surface area contributed by atoms with Crippen LogP contribution < -0.4 is 10.1 Å². The van der Waals surface area contributed by atoms with Crippen molar-refractivity contribution in [2.75, 3.05) is 13.7 Å². The summed E-state index contributed by atoms with van der Waals surface area (Å²) < 4.78 is 5.33. The number of rotatable bonds is 6. The highest BCUT2D eigenvalue weighted by atomic mass is 35.5. The van der Waals surface area contributed by atoms with Gasteiger partial charge in [-0.2, -0.15) is 0 Å². The maximum absolute atomic E-state index is 6.46. The van der Waals surface area contributed by atoms with Crippen LogP contribution in [0.4, 0.5) is 0 Å². The van der Waals surface area contributed by atoms with Gasteiger partial charge >= 0.3 is 0 Å². The molecule has 0 aromatic heterocycles. The molecular formula is C18H22ClNO. The van der Waals surface area contributed by atoms with E-state index in [4.69, 9.17) is 16.3 Å². The van der Waals surface area contributed by atoms with Gasteiger partial charge in [-0.25, -0.2) is 0 Å². The van der Waals surface area contributed by atoms with Crippen molar-refractivity contribution in [2.45, 2.75) is 26.3 Å². The molecule has 0 heterocycles. The average Bonchev–Trinajstić information content (AvgIpc) is 2.49.